The number of benzene rings is 1. The standard InChI is InChI=1S/C22H25I/c1-4-8-17(23)10-7-9-16-13-14-19-18-11-5-6-12-20(18)22(2,3)21(19)15-16/h5-8,10-14,21H,4,9,15H2,1-3H3/b10-7-,17-8+. The molecule has 1 aromatic carbocycles. The second kappa shape index (κ2) is 6.80. The molecule has 0 nitrogen and oxygen atoms in total. The summed E-state index contributed by atoms with van der Waals surface area (Å²) in [7, 11) is 0. The highest BCUT2D eigenvalue weighted by Gasteiger charge is 2.43. The Balaban J connectivity index is 1.80. The molecule has 2 aliphatic carbocycles. The maximum Gasteiger partial charge on any atom is 0.00868 e. The fourth-order valence-electron chi connectivity index (χ4n) is 3.91. The smallest absolute Gasteiger partial charge is 0.00868 e. The van der Waals surface area contributed by atoms with Gasteiger partial charge in [0.15, 0.2) is 0 Å². The molecule has 0 N–H and O–H groups in total. The SMILES string of the molecule is CC/C=C(I)\C=C/CC1=CC=C2c3ccccc3C(C)(C)C2C1. The van der Waals surface area contributed by atoms with Gasteiger partial charge in [0, 0.05) is 3.58 Å². The monoisotopic (exact) mass is 416 g/mol. The summed E-state index contributed by atoms with van der Waals surface area (Å²) < 4.78 is 1.34. The topological polar surface area (TPSA) is 0 Å². The van der Waals surface area contributed by atoms with Gasteiger partial charge in [0.2, 0.25) is 0 Å². The summed E-state index contributed by atoms with van der Waals surface area (Å²) in [4.78, 5) is 0. The van der Waals surface area contributed by atoms with Crippen molar-refractivity contribution in [1.82, 2.24) is 0 Å². The summed E-state index contributed by atoms with van der Waals surface area (Å²) in [6, 6.07) is 8.95. The van der Waals surface area contributed by atoms with Gasteiger partial charge >= 0.3 is 0 Å². The van der Waals surface area contributed by atoms with Gasteiger partial charge in [-0.15, -0.1) is 0 Å². The molecule has 0 saturated heterocycles. The number of fused-ring (bicyclic) bond motifs is 3. The summed E-state index contributed by atoms with van der Waals surface area (Å²) in [5.41, 5.74) is 6.31. The normalized spacial score (nSPS) is 22.6. The van der Waals surface area contributed by atoms with E-state index in [9.17, 15) is 0 Å². The average molecular weight is 416 g/mol. The van der Waals surface area contributed by atoms with Crippen molar-refractivity contribution in [3.05, 3.63) is 74.9 Å². The molecule has 0 amide bonds. The Morgan fingerprint density at radius 2 is 2.04 bits per heavy atom. The predicted octanol–water partition coefficient (Wildman–Crippen LogP) is 6.98. The van der Waals surface area contributed by atoms with Crippen molar-refractivity contribution in [2.75, 3.05) is 0 Å². The number of rotatable bonds is 4. The lowest BCUT2D eigenvalue weighted by atomic mass is 9.72. The van der Waals surface area contributed by atoms with E-state index >= 15 is 0 Å². The van der Waals surface area contributed by atoms with E-state index in [0.717, 1.165) is 12.8 Å². The lowest BCUT2D eigenvalue weighted by Gasteiger charge is -2.31. The van der Waals surface area contributed by atoms with Crippen LogP contribution in [0.2, 0.25) is 0 Å². The van der Waals surface area contributed by atoms with Gasteiger partial charge in [-0.3, -0.25) is 0 Å². The van der Waals surface area contributed by atoms with Crippen molar-refractivity contribution >= 4 is 28.2 Å². The van der Waals surface area contributed by atoms with Gasteiger partial charge in [-0.25, -0.2) is 0 Å². The first-order valence-corrected chi connectivity index (χ1v) is 9.63. The van der Waals surface area contributed by atoms with Gasteiger partial charge in [-0.2, -0.15) is 0 Å². The van der Waals surface area contributed by atoms with E-state index in [2.05, 4.69) is 98.0 Å². The van der Waals surface area contributed by atoms with Crippen molar-refractivity contribution in [2.45, 2.75) is 45.4 Å². The van der Waals surface area contributed by atoms with Crippen LogP contribution in [0.4, 0.5) is 0 Å². The number of hydrogen-bond acceptors (Lipinski definition) is 0. The second-order valence-corrected chi connectivity index (χ2v) is 8.32. The van der Waals surface area contributed by atoms with Gasteiger partial charge in [0.1, 0.15) is 0 Å². The van der Waals surface area contributed by atoms with E-state index in [1.165, 1.54) is 21.1 Å². The van der Waals surface area contributed by atoms with Crippen molar-refractivity contribution in [1.29, 1.82) is 0 Å². The molecule has 0 bridgehead atoms. The zero-order valence-corrected chi connectivity index (χ0v) is 16.4. The summed E-state index contributed by atoms with van der Waals surface area (Å²) in [5, 5.41) is 0. The van der Waals surface area contributed by atoms with Crippen LogP contribution in [0.25, 0.3) is 5.57 Å². The molecule has 3 rings (SSSR count). The maximum atomic E-state index is 2.41. The molecule has 1 atom stereocenters. The van der Waals surface area contributed by atoms with Gasteiger partial charge < -0.3 is 0 Å². The molecule has 0 spiro atoms. The Morgan fingerprint density at radius 1 is 1.26 bits per heavy atom. The van der Waals surface area contributed by atoms with E-state index in [-0.39, 0.29) is 5.41 Å². The predicted molar refractivity (Wildman–Crippen MR) is 110 cm³/mol. The van der Waals surface area contributed by atoms with E-state index in [0.29, 0.717) is 5.92 Å². The van der Waals surface area contributed by atoms with E-state index < -0.39 is 0 Å². The first-order valence-electron chi connectivity index (χ1n) is 8.55. The summed E-state index contributed by atoms with van der Waals surface area (Å²) in [6.45, 7) is 6.99. The Kier molecular flexibility index (Phi) is 4.96. The fraction of sp³-hybridized carbons (Fsp3) is 0.364. The van der Waals surface area contributed by atoms with Crippen LogP contribution in [0.5, 0.6) is 0 Å². The van der Waals surface area contributed by atoms with E-state index in [1.54, 1.807) is 11.1 Å². The molecule has 120 valence electrons. The third kappa shape index (κ3) is 3.26. The maximum absolute atomic E-state index is 2.41. The van der Waals surface area contributed by atoms with Gasteiger partial charge in [-0.05, 0) is 69.9 Å². The van der Waals surface area contributed by atoms with Crippen molar-refractivity contribution in [3.63, 3.8) is 0 Å². The molecule has 0 aromatic heterocycles. The lowest BCUT2D eigenvalue weighted by Crippen LogP contribution is -2.25. The van der Waals surface area contributed by atoms with E-state index in [4.69, 9.17) is 0 Å². The van der Waals surface area contributed by atoms with Crippen LogP contribution in [0, 0.1) is 5.92 Å². The summed E-state index contributed by atoms with van der Waals surface area (Å²) in [5.74, 6) is 0.624. The Bertz CT molecular complexity index is 713. The molecule has 0 saturated carbocycles. The van der Waals surface area contributed by atoms with Crippen molar-refractivity contribution < 1.29 is 0 Å². The van der Waals surface area contributed by atoms with Crippen LogP contribution in [0.3, 0.4) is 0 Å². The van der Waals surface area contributed by atoms with Crippen LogP contribution < -0.4 is 0 Å². The largest absolute Gasteiger partial charge is 0.0794 e. The zero-order chi connectivity index (χ0) is 16.4. The Morgan fingerprint density at radius 3 is 2.83 bits per heavy atom. The third-order valence-electron chi connectivity index (χ3n) is 5.20. The lowest BCUT2D eigenvalue weighted by molar-refractivity contribution is 0.406. The molecule has 0 radical (unpaired) electrons. The van der Waals surface area contributed by atoms with Gasteiger partial charge in [0.05, 0.1) is 0 Å². The van der Waals surface area contributed by atoms with Crippen LogP contribution >= 0.6 is 22.6 Å². The van der Waals surface area contributed by atoms with Gasteiger partial charge in [-0.1, -0.05) is 81.0 Å². The summed E-state index contributed by atoms with van der Waals surface area (Å²) in [6.07, 6.45) is 14.9. The van der Waals surface area contributed by atoms with Gasteiger partial charge in [0.25, 0.3) is 0 Å². The minimum absolute atomic E-state index is 0.238. The molecule has 1 unspecified atom stereocenters. The average Bonchev–Trinajstić information content (AvgIpc) is 2.76. The Labute approximate surface area is 154 Å². The quantitative estimate of drug-likeness (QED) is 0.367. The van der Waals surface area contributed by atoms with Crippen molar-refractivity contribution in [3.8, 4) is 0 Å². The molecular weight excluding hydrogens is 391 g/mol. The number of hydrogen-bond donors (Lipinski definition) is 0. The molecular formula is C22H25I. The summed E-state index contributed by atoms with van der Waals surface area (Å²) >= 11 is 2.41. The first kappa shape index (κ1) is 16.8. The molecule has 0 aliphatic heterocycles. The minimum atomic E-state index is 0.238. The highest BCUT2D eigenvalue weighted by molar-refractivity contribution is 14.1. The highest BCUT2D eigenvalue weighted by atomic mass is 127. The fourth-order valence-corrected chi connectivity index (χ4v) is 4.60. The molecule has 0 heterocycles. The molecule has 1 aromatic rings. The van der Waals surface area contributed by atoms with Crippen LogP contribution in [0.15, 0.2) is 63.8 Å². The van der Waals surface area contributed by atoms with Crippen molar-refractivity contribution in [2.24, 2.45) is 5.92 Å². The first-order chi connectivity index (χ1) is 11.0. The molecule has 1 heteroatoms. The van der Waals surface area contributed by atoms with Crippen LogP contribution in [-0.4, -0.2) is 0 Å². The minimum Gasteiger partial charge on any atom is -0.0794 e. The molecule has 0 fully saturated rings. The van der Waals surface area contributed by atoms with E-state index in [1.807, 2.05) is 0 Å². The Hall–Kier alpha value is -1.09. The molecule has 23 heavy (non-hydrogen) atoms. The second-order valence-electron chi connectivity index (χ2n) is 7.07. The highest BCUT2D eigenvalue weighted by Crippen LogP contribution is 2.53. The third-order valence-corrected chi connectivity index (χ3v) is 6.00. The van der Waals surface area contributed by atoms with Crippen LogP contribution in [-0.2, 0) is 5.41 Å². The van der Waals surface area contributed by atoms with Crippen LogP contribution in [0.1, 0.15) is 51.2 Å². The zero-order valence-electron chi connectivity index (χ0n) is 14.3. The number of halogens is 1. The molecule has 2 aliphatic rings. The number of allylic oxidation sites excluding steroid dienone is 8.